The number of rotatable bonds is 7. The first-order valence-electron chi connectivity index (χ1n) is 7.32. The summed E-state index contributed by atoms with van der Waals surface area (Å²) in [4.78, 5) is 11.0. The van der Waals surface area contributed by atoms with E-state index >= 15 is 0 Å². The average Bonchev–Trinajstić information content (AvgIpc) is 2.58. The number of hydrogen-bond acceptors (Lipinski definition) is 4. The van der Waals surface area contributed by atoms with Gasteiger partial charge in [0.25, 0.3) is 0 Å². The third-order valence-corrected chi connectivity index (χ3v) is 3.42. The summed E-state index contributed by atoms with van der Waals surface area (Å²) in [6.07, 6.45) is 0. The molecule has 1 amide bonds. The van der Waals surface area contributed by atoms with Crippen LogP contribution in [0.1, 0.15) is 23.6 Å². The Kier molecular flexibility index (Phi) is 5.73. The summed E-state index contributed by atoms with van der Waals surface area (Å²) in [5.74, 6) is 0.378. The number of ether oxygens (including phenoxy) is 1. The van der Waals surface area contributed by atoms with E-state index in [1.165, 1.54) is 0 Å². The van der Waals surface area contributed by atoms with Crippen molar-refractivity contribution in [1.82, 2.24) is 5.32 Å². The second kappa shape index (κ2) is 7.97. The van der Waals surface area contributed by atoms with Gasteiger partial charge in [-0.05, 0) is 42.3 Å². The number of nitriles is 1. The molecule has 0 heterocycles. The molecule has 0 saturated carbocycles. The van der Waals surface area contributed by atoms with E-state index in [1.54, 1.807) is 13.0 Å². The highest BCUT2D eigenvalue weighted by atomic mass is 16.5. The van der Waals surface area contributed by atoms with Gasteiger partial charge in [-0.2, -0.15) is 5.26 Å². The molecule has 2 aromatic rings. The molecule has 0 radical (unpaired) electrons. The Morgan fingerprint density at radius 3 is 2.65 bits per heavy atom. The number of carbonyl (C=O) groups excluding carboxylic acids is 1. The van der Waals surface area contributed by atoms with E-state index in [4.69, 9.17) is 15.7 Å². The maximum Gasteiger partial charge on any atom is 0.234 e. The van der Waals surface area contributed by atoms with Gasteiger partial charge < -0.3 is 15.8 Å². The van der Waals surface area contributed by atoms with Crippen molar-refractivity contribution < 1.29 is 9.53 Å². The van der Waals surface area contributed by atoms with Gasteiger partial charge >= 0.3 is 0 Å². The van der Waals surface area contributed by atoms with Gasteiger partial charge in [0.05, 0.1) is 17.7 Å². The molecule has 1 unspecified atom stereocenters. The summed E-state index contributed by atoms with van der Waals surface area (Å²) in [6, 6.07) is 16.7. The maximum absolute atomic E-state index is 11.0. The number of carbonyl (C=O) groups is 1. The van der Waals surface area contributed by atoms with Crippen molar-refractivity contribution >= 4 is 5.91 Å². The molecule has 5 heteroatoms. The number of primary amides is 1. The van der Waals surface area contributed by atoms with Gasteiger partial charge in [-0.1, -0.05) is 24.3 Å². The fourth-order valence-corrected chi connectivity index (χ4v) is 1.97. The summed E-state index contributed by atoms with van der Waals surface area (Å²) in [7, 11) is 0. The van der Waals surface area contributed by atoms with Crippen molar-refractivity contribution in [2.75, 3.05) is 0 Å². The van der Waals surface area contributed by atoms with E-state index in [2.05, 4.69) is 11.4 Å². The zero-order valence-corrected chi connectivity index (χ0v) is 13.0. The number of nitrogens with zero attached hydrogens (tertiary/aromatic N) is 1. The third kappa shape index (κ3) is 5.13. The second-order valence-electron chi connectivity index (χ2n) is 5.25. The Bertz CT molecular complexity index is 705. The normalized spacial score (nSPS) is 11.5. The van der Waals surface area contributed by atoms with Crippen LogP contribution in [-0.2, 0) is 17.9 Å². The van der Waals surface area contributed by atoms with E-state index in [9.17, 15) is 4.79 Å². The molecule has 2 aromatic carbocycles. The summed E-state index contributed by atoms with van der Waals surface area (Å²) < 4.78 is 5.71. The predicted octanol–water partition coefficient (Wildman–Crippen LogP) is 2.10. The van der Waals surface area contributed by atoms with Gasteiger partial charge in [0.2, 0.25) is 5.91 Å². The van der Waals surface area contributed by atoms with Crippen LogP contribution >= 0.6 is 0 Å². The molecule has 3 N–H and O–H groups in total. The maximum atomic E-state index is 11.0. The molecule has 5 nitrogen and oxygen atoms in total. The van der Waals surface area contributed by atoms with Crippen molar-refractivity contribution in [3.05, 3.63) is 65.2 Å². The zero-order chi connectivity index (χ0) is 16.7. The fourth-order valence-electron chi connectivity index (χ4n) is 1.97. The highest BCUT2D eigenvalue weighted by Gasteiger charge is 2.07. The number of hydrogen-bond donors (Lipinski definition) is 2. The molecule has 1 atom stereocenters. The van der Waals surface area contributed by atoms with Gasteiger partial charge in [0, 0.05) is 6.54 Å². The van der Waals surface area contributed by atoms with Crippen LogP contribution in [0.25, 0.3) is 0 Å². The SMILES string of the molecule is CC(NCc1ccc(OCc2cccc(C#N)c2)cc1)C(N)=O. The summed E-state index contributed by atoms with van der Waals surface area (Å²) in [5.41, 5.74) is 7.81. The molecular formula is C18H19N3O2. The first kappa shape index (κ1) is 16.5. The summed E-state index contributed by atoms with van der Waals surface area (Å²) in [6.45, 7) is 2.70. The summed E-state index contributed by atoms with van der Waals surface area (Å²) >= 11 is 0. The summed E-state index contributed by atoms with van der Waals surface area (Å²) in [5, 5.41) is 11.9. The molecule has 0 saturated heterocycles. The molecule has 23 heavy (non-hydrogen) atoms. The molecule has 0 aromatic heterocycles. The topological polar surface area (TPSA) is 88.1 Å². The van der Waals surface area contributed by atoms with E-state index in [0.29, 0.717) is 18.7 Å². The standard InChI is InChI=1S/C18H19N3O2/c1-13(18(20)22)21-11-14-5-7-17(8-6-14)23-12-16-4-2-3-15(9-16)10-19/h2-9,13,21H,11-12H2,1H3,(H2,20,22). The number of benzene rings is 2. The van der Waals surface area contributed by atoms with Gasteiger partial charge in [-0.3, -0.25) is 4.79 Å². The lowest BCUT2D eigenvalue weighted by molar-refractivity contribution is -0.119. The Morgan fingerprint density at radius 2 is 2.00 bits per heavy atom. The first-order chi connectivity index (χ1) is 11.1. The molecule has 0 aliphatic carbocycles. The fraction of sp³-hybridized carbons (Fsp3) is 0.222. The van der Waals surface area contributed by atoms with Crippen LogP contribution in [0.4, 0.5) is 0 Å². The molecule has 0 aliphatic rings. The number of nitrogens with one attached hydrogen (secondary N) is 1. The lowest BCUT2D eigenvalue weighted by Crippen LogP contribution is -2.38. The van der Waals surface area contributed by atoms with Crippen molar-refractivity contribution in [1.29, 1.82) is 5.26 Å². The quantitative estimate of drug-likeness (QED) is 0.820. The minimum absolute atomic E-state index is 0.363. The molecular weight excluding hydrogens is 290 g/mol. The van der Waals surface area contributed by atoms with E-state index < -0.39 is 0 Å². The molecule has 0 spiro atoms. The van der Waals surface area contributed by atoms with Crippen molar-refractivity contribution in [2.24, 2.45) is 5.73 Å². The Hall–Kier alpha value is -2.84. The largest absolute Gasteiger partial charge is 0.489 e. The van der Waals surface area contributed by atoms with Crippen LogP contribution in [0.15, 0.2) is 48.5 Å². The van der Waals surface area contributed by atoms with Gasteiger partial charge in [0.1, 0.15) is 12.4 Å². The predicted molar refractivity (Wildman–Crippen MR) is 87.4 cm³/mol. The number of amides is 1. The van der Waals surface area contributed by atoms with Crippen LogP contribution in [0, 0.1) is 11.3 Å². The first-order valence-corrected chi connectivity index (χ1v) is 7.32. The minimum atomic E-state index is -0.371. The van der Waals surface area contributed by atoms with Crippen LogP contribution in [0.2, 0.25) is 0 Å². The lowest BCUT2D eigenvalue weighted by atomic mass is 10.1. The number of nitrogens with two attached hydrogens (primary N) is 1. The molecule has 0 aliphatic heterocycles. The second-order valence-corrected chi connectivity index (χ2v) is 5.25. The van der Waals surface area contributed by atoms with Gasteiger partial charge in [-0.25, -0.2) is 0 Å². The highest BCUT2D eigenvalue weighted by Crippen LogP contribution is 2.15. The molecule has 0 fully saturated rings. The lowest BCUT2D eigenvalue weighted by Gasteiger charge is -2.11. The van der Waals surface area contributed by atoms with Gasteiger partial charge in [-0.15, -0.1) is 0 Å². The van der Waals surface area contributed by atoms with Gasteiger partial charge in [0.15, 0.2) is 0 Å². The van der Waals surface area contributed by atoms with Crippen LogP contribution in [-0.4, -0.2) is 11.9 Å². The smallest absolute Gasteiger partial charge is 0.234 e. The van der Waals surface area contributed by atoms with E-state index in [-0.39, 0.29) is 11.9 Å². The third-order valence-electron chi connectivity index (χ3n) is 3.42. The monoisotopic (exact) mass is 309 g/mol. The van der Waals surface area contributed by atoms with Crippen LogP contribution in [0.5, 0.6) is 5.75 Å². The van der Waals surface area contributed by atoms with Crippen molar-refractivity contribution in [3.63, 3.8) is 0 Å². The average molecular weight is 309 g/mol. The van der Waals surface area contributed by atoms with Crippen LogP contribution < -0.4 is 15.8 Å². The van der Waals surface area contributed by atoms with Crippen molar-refractivity contribution in [2.45, 2.75) is 26.1 Å². The van der Waals surface area contributed by atoms with Crippen molar-refractivity contribution in [3.8, 4) is 11.8 Å². The Morgan fingerprint density at radius 1 is 1.26 bits per heavy atom. The van der Waals surface area contributed by atoms with E-state index in [0.717, 1.165) is 16.9 Å². The molecule has 0 bridgehead atoms. The highest BCUT2D eigenvalue weighted by molar-refractivity contribution is 5.79. The Labute approximate surface area is 135 Å². The van der Waals surface area contributed by atoms with E-state index in [1.807, 2.05) is 42.5 Å². The van der Waals surface area contributed by atoms with Crippen LogP contribution in [0.3, 0.4) is 0 Å². The zero-order valence-electron chi connectivity index (χ0n) is 13.0. The minimum Gasteiger partial charge on any atom is -0.489 e. The Balaban J connectivity index is 1.87. The molecule has 118 valence electrons. The molecule has 2 rings (SSSR count).